The highest BCUT2D eigenvalue weighted by Crippen LogP contribution is 2.18. The predicted molar refractivity (Wildman–Crippen MR) is 76.7 cm³/mol. The zero-order chi connectivity index (χ0) is 13.7. The Morgan fingerprint density at radius 1 is 1.26 bits per heavy atom. The highest BCUT2D eigenvalue weighted by Gasteiger charge is 2.15. The second-order valence-electron chi connectivity index (χ2n) is 4.75. The number of likely N-dealkylation sites (N-methyl/N-ethyl adjacent to an activating group) is 1. The van der Waals surface area contributed by atoms with Crippen LogP contribution >= 0.6 is 11.6 Å². The summed E-state index contributed by atoms with van der Waals surface area (Å²) in [7, 11) is 2.15. The molecule has 1 aliphatic heterocycles. The molecule has 0 spiro atoms. The molecule has 6 heteroatoms. The lowest BCUT2D eigenvalue weighted by molar-refractivity contribution is 0.128. The molecule has 19 heavy (non-hydrogen) atoms. The maximum absolute atomic E-state index is 6.07. The van der Waals surface area contributed by atoms with E-state index in [2.05, 4.69) is 26.8 Å². The van der Waals surface area contributed by atoms with Crippen molar-refractivity contribution in [3.8, 4) is 0 Å². The fourth-order valence-electron chi connectivity index (χ4n) is 2.15. The van der Waals surface area contributed by atoms with E-state index in [1.165, 1.54) is 0 Å². The molecule has 1 aromatic rings. The summed E-state index contributed by atoms with van der Waals surface area (Å²) in [5.41, 5.74) is 0. The first kappa shape index (κ1) is 14.5. The monoisotopic (exact) mass is 284 g/mol. The standard InChI is InChI=1S/C13H21ClN4O/c1-3-19-10-12-15-11(14)9-13(16-12)18-6-4-5-17(2)7-8-18/h9H,3-8,10H2,1-2H3. The Morgan fingerprint density at radius 2 is 2.11 bits per heavy atom. The van der Waals surface area contributed by atoms with E-state index in [0.717, 1.165) is 38.4 Å². The summed E-state index contributed by atoms with van der Waals surface area (Å²) in [4.78, 5) is 13.4. The van der Waals surface area contributed by atoms with Gasteiger partial charge < -0.3 is 14.5 Å². The molecule has 0 amide bonds. The van der Waals surface area contributed by atoms with E-state index >= 15 is 0 Å². The summed E-state index contributed by atoms with van der Waals surface area (Å²) >= 11 is 6.07. The molecule has 0 aromatic carbocycles. The Labute approximate surface area is 119 Å². The van der Waals surface area contributed by atoms with Crippen LogP contribution < -0.4 is 4.90 Å². The topological polar surface area (TPSA) is 41.5 Å². The molecule has 2 heterocycles. The van der Waals surface area contributed by atoms with Crippen molar-refractivity contribution in [1.29, 1.82) is 0 Å². The first-order valence-corrected chi connectivity index (χ1v) is 7.11. The van der Waals surface area contributed by atoms with E-state index in [1.807, 2.05) is 13.0 Å². The average molecular weight is 285 g/mol. The van der Waals surface area contributed by atoms with E-state index in [9.17, 15) is 0 Å². The number of aromatic nitrogens is 2. The minimum Gasteiger partial charge on any atom is -0.374 e. The fraction of sp³-hybridized carbons (Fsp3) is 0.692. The summed E-state index contributed by atoms with van der Waals surface area (Å²) in [6.45, 7) is 7.17. The third-order valence-electron chi connectivity index (χ3n) is 3.21. The molecule has 0 atom stereocenters. The van der Waals surface area contributed by atoms with Gasteiger partial charge in [-0.15, -0.1) is 0 Å². The second kappa shape index (κ2) is 7.03. The molecule has 1 fully saturated rings. The molecule has 0 unspecified atom stereocenters. The van der Waals surface area contributed by atoms with Crippen molar-refractivity contribution in [2.24, 2.45) is 0 Å². The summed E-state index contributed by atoms with van der Waals surface area (Å²) in [5, 5.41) is 0.484. The number of anilines is 1. The van der Waals surface area contributed by atoms with Crippen LogP contribution in [0.4, 0.5) is 5.82 Å². The van der Waals surface area contributed by atoms with Gasteiger partial charge in [0.2, 0.25) is 0 Å². The van der Waals surface area contributed by atoms with Crippen molar-refractivity contribution in [3.63, 3.8) is 0 Å². The lowest BCUT2D eigenvalue weighted by Gasteiger charge is -2.22. The van der Waals surface area contributed by atoms with Gasteiger partial charge in [-0.2, -0.15) is 0 Å². The Balaban J connectivity index is 2.11. The summed E-state index contributed by atoms with van der Waals surface area (Å²) in [6.07, 6.45) is 1.14. The van der Waals surface area contributed by atoms with Gasteiger partial charge in [0.05, 0.1) is 0 Å². The third-order valence-corrected chi connectivity index (χ3v) is 3.40. The van der Waals surface area contributed by atoms with Crippen LogP contribution in [0, 0.1) is 0 Å². The quantitative estimate of drug-likeness (QED) is 0.789. The molecular formula is C13H21ClN4O. The summed E-state index contributed by atoms with van der Waals surface area (Å²) in [6, 6.07) is 1.84. The Kier molecular flexibility index (Phi) is 5.36. The van der Waals surface area contributed by atoms with Crippen molar-refractivity contribution in [1.82, 2.24) is 14.9 Å². The minimum absolute atomic E-state index is 0.414. The summed E-state index contributed by atoms with van der Waals surface area (Å²) < 4.78 is 5.35. The number of ether oxygens (including phenoxy) is 1. The number of halogens is 1. The van der Waals surface area contributed by atoms with Gasteiger partial charge in [0, 0.05) is 32.3 Å². The molecule has 2 rings (SSSR count). The Bertz CT molecular complexity index is 416. The second-order valence-corrected chi connectivity index (χ2v) is 5.13. The van der Waals surface area contributed by atoms with Gasteiger partial charge in [0.15, 0.2) is 5.82 Å². The van der Waals surface area contributed by atoms with Crippen molar-refractivity contribution >= 4 is 17.4 Å². The normalized spacial score (nSPS) is 17.5. The van der Waals surface area contributed by atoms with Crippen molar-refractivity contribution in [2.45, 2.75) is 20.0 Å². The lowest BCUT2D eigenvalue weighted by atomic mass is 10.4. The zero-order valence-corrected chi connectivity index (χ0v) is 12.4. The highest BCUT2D eigenvalue weighted by atomic mass is 35.5. The van der Waals surface area contributed by atoms with Gasteiger partial charge in [-0.1, -0.05) is 11.6 Å². The maximum Gasteiger partial charge on any atom is 0.158 e. The lowest BCUT2D eigenvalue weighted by Crippen LogP contribution is -2.29. The zero-order valence-electron chi connectivity index (χ0n) is 11.6. The van der Waals surface area contributed by atoms with Crippen molar-refractivity contribution in [3.05, 3.63) is 17.0 Å². The van der Waals surface area contributed by atoms with Crippen LogP contribution in [0.5, 0.6) is 0 Å². The predicted octanol–water partition coefficient (Wildman–Crippen LogP) is 1.81. The van der Waals surface area contributed by atoms with Crippen LogP contribution in [-0.2, 0) is 11.3 Å². The smallest absolute Gasteiger partial charge is 0.158 e. The van der Waals surface area contributed by atoms with E-state index in [-0.39, 0.29) is 0 Å². The highest BCUT2D eigenvalue weighted by molar-refractivity contribution is 6.29. The van der Waals surface area contributed by atoms with Gasteiger partial charge in [-0.05, 0) is 26.9 Å². The van der Waals surface area contributed by atoms with Gasteiger partial charge in [0.1, 0.15) is 17.6 Å². The van der Waals surface area contributed by atoms with Gasteiger partial charge in [-0.25, -0.2) is 9.97 Å². The molecule has 0 aliphatic carbocycles. The molecule has 0 saturated carbocycles. The van der Waals surface area contributed by atoms with Gasteiger partial charge in [-0.3, -0.25) is 0 Å². The molecular weight excluding hydrogens is 264 g/mol. The Morgan fingerprint density at radius 3 is 2.89 bits per heavy atom. The van der Waals surface area contributed by atoms with Crippen molar-refractivity contribution < 1.29 is 4.74 Å². The minimum atomic E-state index is 0.414. The Hall–Kier alpha value is -0.910. The average Bonchev–Trinajstić information content (AvgIpc) is 2.60. The van der Waals surface area contributed by atoms with E-state index in [1.54, 1.807) is 0 Å². The first-order chi connectivity index (χ1) is 9.19. The van der Waals surface area contributed by atoms with E-state index < -0.39 is 0 Å². The van der Waals surface area contributed by atoms with E-state index in [4.69, 9.17) is 16.3 Å². The first-order valence-electron chi connectivity index (χ1n) is 6.73. The van der Waals surface area contributed by atoms with Gasteiger partial charge >= 0.3 is 0 Å². The van der Waals surface area contributed by atoms with Crippen LogP contribution in [0.25, 0.3) is 0 Å². The molecule has 0 N–H and O–H groups in total. The third kappa shape index (κ3) is 4.30. The molecule has 0 radical (unpaired) electrons. The van der Waals surface area contributed by atoms with Crippen LogP contribution in [0.15, 0.2) is 6.07 Å². The van der Waals surface area contributed by atoms with Crippen LogP contribution in [0.3, 0.4) is 0 Å². The van der Waals surface area contributed by atoms with Gasteiger partial charge in [0.25, 0.3) is 0 Å². The maximum atomic E-state index is 6.07. The fourth-order valence-corrected chi connectivity index (χ4v) is 2.34. The number of hydrogen-bond donors (Lipinski definition) is 0. The van der Waals surface area contributed by atoms with E-state index in [0.29, 0.717) is 24.2 Å². The van der Waals surface area contributed by atoms with Crippen LogP contribution in [0.2, 0.25) is 5.15 Å². The molecule has 1 aliphatic rings. The molecule has 1 saturated heterocycles. The molecule has 1 aromatic heterocycles. The number of rotatable bonds is 4. The van der Waals surface area contributed by atoms with Crippen LogP contribution in [-0.4, -0.2) is 54.7 Å². The SMILES string of the molecule is CCOCc1nc(Cl)cc(N2CCCN(C)CC2)n1. The molecule has 106 valence electrons. The molecule has 0 bridgehead atoms. The number of hydrogen-bond acceptors (Lipinski definition) is 5. The molecule has 5 nitrogen and oxygen atoms in total. The van der Waals surface area contributed by atoms with Crippen LogP contribution in [0.1, 0.15) is 19.2 Å². The largest absolute Gasteiger partial charge is 0.374 e. The number of nitrogens with zero attached hydrogens (tertiary/aromatic N) is 4. The van der Waals surface area contributed by atoms with Crippen molar-refractivity contribution in [2.75, 3.05) is 44.7 Å². The summed E-state index contributed by atoms with van der Waals surface area (Å²) in [5.74, 6) is 1.56.